The topological polar surface area (TPSA) is 55.3 Å². The standard InChI is InChI=1S/C22H35N3/c1-17-13-21(14-20-7-5-4-6-8-20)11-12-25(15-17)16-18(2)22(24)10-9-19(3)23/h4-10,17-18,21H,11-16,23-24H2,1-3H3/b19-9+,22-10-. The average Bonchev–Trinajstić information content (AvgIpc) is 2.74. The van der Waals surface area contributed by atoms with E-state index >= 15 is 0 Å². The summed E-state index contributed by atoms with van der Waals surface area (Å²) in [5.41, 5.74) is 15.1. The second-order valence-corrected chi connectivity index (χ2v) is 7.92. The summed E-state index contributed by atoms with van der Waals surface area (Å²) in [4.78, 5) is 2.60. The van der Waals surface area contributed by atoms with Crippen molar-refractivity contribution in [3.63, 3.8) is 0 Å². The molecular weight excluding hydrogens is 306 g/mol. The highest BCUT2D eigenvalue weighted by molar-refractivity contribution is 5.16. The molecule has 1 saturated heterocycles. The van der Waals surface area contributed by atoms with Crippen molar-refractivity contribution in [3.05, 3.63) is 59.4 Å². The molecule has 0 amide bonds. The highest BCUT2D eigenvalue weighted by atomic mass is 15.1. The van der Waals surface area contributed by atoms with Gasteiger partial charge in [0.1, 0.15) is 0 Å². The number of benzene rings is 1. The molecule has 1 aromatic rings. The van der Waals surface area contributed by atoms with E-state index in [1.165, 1.54) is 37.9 Å². The first-order valence-electron chi connectivity index (χ1n) is 9.59. The fourth-order valence-electron chi connectivity index (χ4n) is 3.84. The second kappa shape index (κ2) is 9.67. The van der Waals surface area contributed by atoms with Gasteiger partial charge < -0.3 is 16.4 Å². The maximum Gasteiger partial charge on any atom is 0.0123 e. The smallest absolute Gasteiger partial charge is 0.0123 e. The summed E-state index contributed by atoms with van der Waals surface area (Å²) in [5, 5.41) is 0. The van der Waals surface area contributed by atoms with Crippen molar-refractivity contribution in [1.82, 2.24) is 4.90 Å². The van der Waals surface area contributed by atoms with Gasteiger partial charge in [0.2, 0.25) is 0 Å². The maximum absolute atomic E-state index is 6.22. The molecule has 0 spiro atoms. The molecular formula is C22H35N3. The van der Waals surface area contributed by atoms with Crippen LogP contribution in [0.1, 0.15) is 39.2 Å². The fourth-order valence-corrected chi connectivity index (χ4v) is 3.84. The molecule has 3 heteroatoms. The summed E-state index contributed by atoms with van der Waals surface area (Å²) in [5.74, 6) is 1.88. The van der Waals surface area contributed by atoms with Gasteiger partial charge >= 0.3 is 0 Å². The van der Waals surface area contributed by atoms with Crippen molar-refractivity contribution >= 4 is 0 Å². The van der Waals surface area contributed by atoms with E-state index in [4.69, 9.17) is 11.5 Å². The van der Waals surface area contributed by atoms with Crippen LogP contribution < -0.4 is 11.5 Å². The first kappa shape index (κ1) is 19.6. The van der Waals surface area contributed by atoms with Crippen molar-refractivity contribution in [2.75, 3.05) is 19.6 Å². The third-order valence-electron chi connectivity index (χ3n) is 5.17. The molecule has 25 heavy (non-hydrogen) atoms. The van der Waals surface area contributed by atoms with E-state index < -0.39 is 0 Å². The van der Waals surface area contributed by atoms with Crippen molar-refractivity contribution in [3.8, 4) is 0 Å². The molecule has 1 aliphatic rings. The van der Waals surface area contributed by atoms with E-state index in [1.807, 2.05) is 19.1 Å². The van der Waals surface area contributed by atoms with Gasteiger partial charge in [-0.15, -0.1) is 0 Å². The van der Waals surface area contributed by atoms with Crippen LogP contribution >= 0.6 is 0 Å². The lowest BCUT2D eigenvalue weighted by atomic mass is 9.89. The maximum atomic E-state index is 6.22. The van der Waals surface area contributed by atoms with Crippen LogP contribution in [0, 0.1) is 17.8 Å². The van der Waals surface area contributed by atoms with Gasteiger partial charge in [-0.25, -0.2) is 0 Å². The molecule has 1 heterocycles. The highest BCUT2D eigenvalue weighted by Gasteiger charge is 2.23. The molecule has 3 nitrogen and oxygen atoms in total. The van der Waals surface area contributed by atoms with Crippen LogP contribution in [0.4, 0.5) is 0 Å². The van der Waals surface area contributed by atoms with Gasteiger partial charge in [-0.05, 0) is 62.3 Å². The van der Waals surface area contributed by atoms with Gasteiger partial charge in [0.05, 0.1) is 0 Å². The van der Waals surface area contributed by atoms with Gasteiger partial charge in [0.25, 0.3) is 0 Å². The fraction of sp³-hybridized carbons (Fsp3) is 0.545. The molecule has 0 aliphatic carbocycles. The minimum atomic E-state index is 0.355. The summed E-state index contributed by atoms with van der Waals surface area (Å²) in [6.45, 7) is 9.86. The Morgan fingerprint density at radius 1 is 1.24 bits per heavy atom. The van der Waals surface area contributed by atoms with Gasteiger partial charge in [-0.1, -0.05) is 44.2 Å². The zero-order valence-corrected chi connectivity index (χ0v) is 16.1. The van der Waals surface area contributed by atoms with Gasteiger partial charge in [0.15, 0.2) is 0 Å². The molecule has 0 bridgehead atoms. The van der Waals surface area contributed by atoms with E-state index in [0.717, 1.165) is 29.8 Å². The number of nitrogens with zero attached hydrogens (tertiary/aromatic N) is 1. The lowest BCUT2D eigenvalue weighted by molar-refractivity contribution is 0.234. The Morgan fingerprint density at radius 2 is 1.96 bits per heavy atom. The van der Waals surface area contributed by atoms with Crippen molar-refractivity contribution in [2.45, 2.75) is 40.0 Å². The Labute approximate surface area is 153 Å². The van der Waals surface area contributed by atoms with Crippen LogP contribution in [0.2, 0.25) is 0 Å². The lowest BCUT2D eigenvalue weighted by Crippen LogP contribution is -2.33. The normalized spacial score (nSPS) is 24.8. The Hall–Kier alpha value is -1.74. The van der Waals surface area contributed by atoms with Crippen LogP contribution in [-0.2, 0) is 6.42 Å². The van der Waals surface area contributed by atoms with Crippen LogP contribution in [0.15, 0.2) is 53.9 Å². The third kappa shape index (κ3) is 6.95. The molecule has 0 aromatic heterocycles. The van der Waals surface area contributed by atoms with Crippen LogP contribution in [0.3, 0.4) is 0 Å². The Balaban J connectivity index is 1.90. The summed E-state index contributed by atoms with van der Waals surface area (Å²) in [7, 11) is 0. The number of rotatable bonds is 6. The minimum absolute atomic E-state index is 0.355. The molecule has 0 saturated carbocycles. The largest absolute Gasteiger partial charge is 0.402 e. The minimum Gasteiger partial charge on any atom is -0.402 e. The first-order valence-corrected chi connectivity index (χ1v) is 9.59. The van der Waals surface area contributed by atoms with Crippen LogP contribution in [0.25, 0.3) is 0 Å². The van der Waals surface area contributed by atoms with Crippen LogP contribution in [-0.4, -0.2) is 24.5 Å². The molecule has 138 valence electrons. The van der Waals surface area contributed by atoms with Gasteiger partial charge in [-0.3, -0.25) is 0 Å². The average molecular weight is 342 g/mol. The Bertz CT molecular complexity index is 572. The monoisotopic (exact) mass is 341 g/mol. The highest BCUT2D eigenvalue weighted by Crippen LogP contribution is 2.26. The Morgan fingerprint density at radius 3 is 2.64 bits per heavy atom. The van der Waals surface area contributed by atoms with E-state index in [1.54, 1.807) is 0 Å². The predicted molar refractivity (Wildman–Crippen MR) is 108 cm³/mol. The van der Waals surface area contributed by atoms with Gasteiger partial charge in [0, 0.05) is 30.4 Å². The van der Waals surface area contributed by atoms with Crippen molar-refractivity contribution < 1.29 is 0 Å². The Kier molecular flexibility index (Phi) is 7.57. The first-order chi connectivity index (χ1) is 11.9. The molecule has 1 aromatic carbocycles. The predicted octanol–water partition coefficient (Wildman–Crippen LogP) is 3.92. The van der Waals surface area contributed by atoms with E-state index in [-0.39, 0.29) is 0 Å². The van der Waals surface area contributed by atoms with Crippen molar-refractivity contribution in [1.29, 1.82) is 0 Å². The summed E-state index contributed by atoms with van der Waals surface area (Å²) in [6, 6.07) is 10.9. The molecule has 0 radical (unpaired) electrons. The third-order valence-corrected chi connectivity index (χ3v) is 5.17. The molecule has 1 fully saturated rings. The molecule has 3 unspecified atom stereocenters. The summed E-state index contributed by atoms with van der Waals surface area (Å²) < 4.78 is 0. The number of allylic oxidation sites excluding steroid dienone is 3. The quantitative estimate of drug-likeness (QED) is 0.771. The van der Waals surface area contributed by atoms with Crippen LogP contribution in [0.5, 0.6) is 0 Å². The lowest BCUT2D eigenvalue weighted by Gasteiger charge is -2.26. The number of nitrogens with two attached hydrogens (primary N) is 2. The molecule has 4 N–H and O–H groups in total. The SMILES string of the molecule is C/C(N)=C\C=C(/N)C(C)CN1CCC(Cc2ccccc2)CC(C)C1. The van der Waals surface area contributed by atoms with E-state index in [9.17, 15) is 0 Å². The molecule has 1 aliphatic heterocycles. The van der Waals surface area contributed by atoms with E-state index in [2.05, 4.69) is 49.1 Å². The van der Waals surface area contributed by atoms with Gasteiger partial charge in [-0.2, -0.15) is 0 Å². The van der Waals surface area contributed by atoms with Crippen molar-refractivity contribution in [2.24, 2.45) is 29.2 Å². The second-order valence-electron chi connectivity index (χ2n) is 7.92. The number of hydrogen-bond acceptors (Lipinski definition) is 3. The molecule has 3 atom stereocenters. The summed E-state index contributed by atoms with van der Waals surface area (Å²) in [6.07, 6.45) is 7.65. The number of likely N-dealkylation sites (tertiary alicyclic amines) is 1. The summed E-state index contributed by atoms with van der Waals surface area (Å²) >= 11 is 0. The number of hydrogen-bond donors (Lipinski definition) is 2. The zero-order valence-electron chi connectivity index (χ0n) is 16.1. The van der Waals surface area contributed by atoms with E-state index in [0.29, 0.717) is 5.92 Å². The zero-order chi connectivity index (χ0) is 18.2. The molecule has 2 rings (SSSR count).